The summed E-state index contributed by atoms with van der Waals surface area (Å²) in [4.78, 5) is 56.2. The second kappa shape index (κ2) is 14.6. The van der Waals surface area contributed by atoms with Gasteiger partial charge in [0, 0.05) is 20.0 Å². The minimum atomic E-state index is -0.909. The molecule has 5 N–H and O–H groups in total. The Labute approximate surface area is 242 Å². The van der Waals surface area contributed by atoms with Crippen LogP contribution in [0.1, 0.15) is 44.2 Å². The van der Waals surface area contributed by atoms with Gasteiger partial charge in [-0.1, -0.05) is 56.3 Å². The Morgan fingerprint density at radius 1 is 1.00 bits per heavy atom. The molecular weight excluding hydrogens is 522 g/mol. The van der Waals surface area contributed by atoms with Crippen LogP contribution in [0, 0.1) is 5.92 Å². The first-order chi connectivity index (χ1) is 19.5. The fraction of sp³-hybridized carbons (Fsp3) is 0.484. The number of primary amides is 1. The van der Waals surface area contributed by atoms with Gasteiger partial charge in [0.15, 0.2) is 0 Å². The highest BCUT2D eigenvalue weighted by atomic mass is 16.3. The van der Waals surface area contributed by atoms with E-state index in [0.29, 0.717) is 32.2 Å². The predicted octanol–water partition coefficient (Wildman–Crippen LogP) is 1.60. The smallest absolute Gasteiger partial charge is 0.245 e. The van der Waals surface area contributed by atoms with Crippen LogP contribution in [0.3, 0.4) is 0 Å². The molecule has 0 spiro atoms. The van der Waals surface area contributed by atoms with Crippen LogP contribution in [0.25, 0.3) is 0 Å². The van der Waals surface area contributed by atoms with E-state index in [9.17, 15) is 24.3 Å². The van der Waals surface area contributed by atoms with E-state index in [2.05, 4.69) is 10.6 Å². The Kier molecular flexibility index (Phi) is 11.3. The second-order valence-electron chi connectivity index (χ2n) is 11.1. The number of carbonyl (C=O) groups excluding carboxylic acids is 4. The average molecular weight is 566 g/mol. The molecule has 0 bridgehead atoms. The lowest BCUT2D eigenvalue weighted by Crippen LogP contribution is -2.58. The quantitative estimate of drug-likeness (QED) is 0.290. The second-order valence-corrected chi connectivity index (χ2v) is 11.1. The minimum absolute atomic E-state index is 0.125. The summed E-state index contributed by atoms with van der Waals surface area (Å²) >= 11 is 0. The number of nitrogens with one attached hydrogen (secondary N) is 2. The third-order valence-corrected chi connectivity index (χ3v) is 7.60. The number of hydrogen-bond acceptors (Lipinski definition) is 6. The summed E-state index contributed by atoms with van der Waals surface area (Å²) in [7, 11) is 3.28. The molecule has 1 aliphatic rings. The molecule has 0 aliphatic carbocycles. The molecular formula is C31H43N5O5. The molecule has 0 radical (unpaired) electrons. The summed E-state index contributed by atoms with van der Waals surface area (Å²) in [5.74, 6) is -1.34. The van der Waals surface area contributed by atoms with Gasteiger partial charge in [0.2, 0.25) is 23.6 Å². The third-order valence-electron chi connectivity index (χ3n) is 7.60. The SMILES string of the molecule is CN[C@@H](Cc1ccc(O)cc1)C(=O)N1CCCC1C(=O)N(C)[C@@H](Cc1ccccc1)C(=O)N[C@@H](CC(C)C)C(N)=O. The fourth-order valence-electron chi connectivity index (χ4n) is 5.29. The number of likely N-dealkylation sites (N-methyl/N-ethyl adjacent to an activating group) is 2. The van der Waals surface area contributed by atoms with E-state index >= 15 is 0 Å². The highest BCUT2D eigenvalue weighted by Gasteiger charge is 2.41. The Morgan fingerprint density at radius 2 is 1.63 bits per heavy atom. The van der Waals surface area contributed by atoms with Crippen LogP contribution in [-0.4, -0.2) is 83.3 Å². The van der Waals surface area contributed by atoms with E-state index < -0.39 is 36.0 Å². The maximum absolute atomic E-state index is 13.9. The maximum atomic E-state index is 13.9. The summed E-state index contributed by atoms with van der Waals surface area (Å²) in [6, 6.07) is 13.0. The number of phenols is 1. The van der Waals surface area contributed by atoms with Gasteiger partial charge in [0.1, 0.15) is 23.9 Å². The van der Waals surface area contributed by atoms with Crippen LogP contribution < -0.4 is 16.4 Å². The number of carbonyl (C=O) groups is 4. The number of likely N-dealkylation sites (tertiary alicyclic amines) is 1. The zero-order valence-corrected chi connectivity index (χ0v) is 24.4. The zero-order valence-electron chi connectivity index (χ0n) is 24.4. The number of nitrogens with two attached hydrogens (primary N) is 1. The van der Waals surface area contributed by atoms with E-state index in [0.717, 1.165) is 11.1 Å². The van der Waals surface area contributed by atoms with Crippen LogP contribution in [-0.2, 0) is 32.0 Å². The lowest BCUT2D eigenvalue weighted by molar-refractivity contribution is -0.147. The first-order valence-electron chi connectivity index (χ1n) is 14.2. The van der Waals surface area contributed by atoms with Crippen molar-refractivity contribution in [2.24, 2.45) is 11.7 Å². The van der Waals surface area contributed by atoms with E-state index in [1.54, 1.807) is 43.3 Å². The molecule has 1 unspecified atom stereocenters. The van der Waals surface area contributed by atoms with Crippen molar-refractivity contribution in [3.8, 4) is 5.75 Å². The Bertz CT molecular complexity index is 1190. The first-order valence-corrected chi connectivity index (χ1v) is 14.2. The van der Waals surface area contributed by atoms with Crippen LogP contribution in [0.5, 0.6) is 5.75 Å². The molecule has 2 aromatic carbocycles. The Morgan fingerprint density at radius 3 is 2.22 bits per heavy atom. The number of rotatable bonds is 13. The molecule has 3 rings (SSSR count). The lowest BCUT2D eigenvalue weighted by atomic mass is 10.00. The van der Waals surface area contributed by atoms with E-state index in [-0.39, 0.29) is 29.9 Å². The van der Waals surface area contributed by atoms with Gasteiger partial charge in [-0.25, -0.2) is 0 Å². The van der Waals surface area contributed by atoms with Crippen molar-refractivity contribution in [3.63, 3.8) is 0 Å². The molecule has 222 valence electrons. The van der Waals surface area contributed by atoms with Gasteiger partial charge in [-0.15, -0.1) is 0 Å². The molecule has 4 amide bonds. The number of amides is 4. The minimum Gasteiger partial charge on any atom is -0.508 e. The molecule has 0 saturated carbocycles. The van der Waals surface area contributed by atoms with E-state index in [1.807, 2.05) is 44.2 Å². The van der Waals surface area contributed by atoms with Gasteiger partial charge in [0.25, 0.3) is 0 Å². The van der Waals surface area contributed by atoms with Crippen LogP contribution in [0.2, 0.25) is 0 Å². The highest BCUT2D eigenvalue weighted by Crippen LogP contribution is 2.23. The van der Waals surface area contributed by atoms with Gasteiger partial charge in [-0.3, -0.25) is 19.2 Å². The first kappa shape index (κ1) is 31.6. The Hall–Kier alpha value is -3.92. The van der Waals surface area contributed by atoms with Crippen molar-refractivity contribution >= 4 is 23.6 Å². The van der Waals surface area contributed by atoms with E-state index in [4.69, 9.17) is 5.73 Å². The largest absolute Gasteiger partial charge is 0.508 e. The standard InChI is InChI=1S/C31H43N5O5/c1-20(2)17-24(28(32)38)34-29(39)27(19-21-9-6-5-7-10-21)35(4)31(41)26-11-8-16-36(26)30(40)25(33-3)18-22-12-14-23(37)15-13-22/h5-7,9-10,12-15,20,24-27,33,37H,8,11,16-19H2,1-4H3,(H2,32,38)(H,34,39)/t24-,25-,26?,27-/m0/s1. The molecule has 10 heteroatoms. The maximum Gasteiger partial charge on any atom is 0.245 e. The van der Waals surface area contributed by atoms with Gasteiger partial charge in [0.05, 0.1) is 6.04 Å². The lowest BCUT2D eigenvalue weighted by Gasteiger charge is -2.34. The van der Waals surface area contributed by atoms with Crippen molar-refractivity contribution in [3.05, 3.63) is 65.7 Å². The number of nitrogens with zero attached hydrogens (tertiary/aromatic N) is 2. The topological polar surface area (TPSA) is 145 Å². The third kappa shape index (κ3) is 8.53. The highest BCUT2D eigenvalue weighted by molar-refractivity contribution is 5.95. The van der Waals surface area contributed by atoms with Crippen molar-refractivity contribution in [1.29, 1.82) is 0 Å². The summed E-state index contributed by atoms with van der Waals surface area (Å²) < 4.78 is 0. The molecule has 1 heterocycles. The molecule has 1 fully saturated rings. The number of phenolic OH excluding ortho intramolecular Hbond substituents is 1. The van der Waals surface area contributed by atoms with Crippen molar-refractivity contribution in [2.75, 3.05) is 20.6 Å². The Balaban J connectivity index is 1.81. The normalized spacial score (nSPS) is 17.1. The van der Waals surface area contributed by atoms with Crippen LogP contribution in [0.4, 0.5) is 0 Å². The monoisotopic (exact) mass is 565 g/mol. The van der Waals surface area contributed by atoms with Gasteiger partial charge < -0.3 is 31.3 Å². The molecule has 41 heavy (non-hydrogen) atoms. The molecule has 2 aromatic rings. The average Bonchev–Trinajstić information content (AvgIpc) is 3.44. The van der Waals surface area contributed by atoms with Gasteiger partial charge in [-0.05, 0) is 61.9 Å². The summed E-state index contributed by atoms with van der Waals surface area (Å²) in [6.07, 6.45) is 2.17. The van der Waals surface area contributed by atoms with E-state index in [1.165, 1.54) is 4.90 Å². The van der Waals surface area contributed by atoms with Crippen LogP contribution >= 0.6 is 0 Å². The summed E-state index contributed by atoms with van der Waals surface area (Å²) in [5, 5.41) is 15.4. The van der Waals surface area contributed by atoms with Crippen molar-refractivity contribution in [1.82, 2.24) is 20.4 Å². The number of hydrogen-bond donors (Lipinski definition) is 4. The van der Waals surface area contributed by atoms with Crippen molar-refractivity contribution in [2.45, 2.75) is 70.1 Å². The van der Waals surface area contributed by atoms with Crippen LogP contribution in [0.15, 0.2) is 54.6 Å². The molecule has 4 atom stereocenters. The number of benzene rings is 2. The molecule has 10 nitrogen and oxygen atoms in total. The predicted molar refractivity (Wildman–Crippen MR) is 157 cm³/mol. The molecule has 1 aliphatic heterocycles. The molecule has 1 saturated heterocycles. The van der Waals surface area contributed by atoms with Crippen molar-refractivity contribution < 1.29 is 24.3 Å². The molecule has 0 aromatic heterocycles. The summed E-state index contributed by atoms with van der Waals surface area (Å²) in [5.41, 5.74) is 7.31. The number of aromatic hydroxyl groups is 1. The van der Waals surface area contributed by atoms with Gasteiger partial charge >= 0.3 is 0 Å². The fourth-order valence-corrected chi connectivity index (χ4v) is 5.29. The zero-order chi connectivity index (χ0) is 30.1. The van der Waals surface area contributed by atoms with Gasteiger partial charge in [-0.2, -0.15) is 0 Å². The summed E-state index contributed by atoms with van der Waals surface area (Å²) in [6.45, 7) is 4.31.